The molecular formula is C17H18FN3O2S2. The molecule has 0 aliphatic rings. The van der Waals surface area contributed by atoms with E-state index in [0.29, 0.717) is 5.56 Å². The lowest BCUT2D eigenvalue weighted by atomic mass is 10.2. The molecule has 0 saturated heterocycles. The van der Waals surface area contributed by atoms with Gasteiger partial charge in [-0.3, -0.25) is 4.68 Å². The van der Waals surface area contributed by atoms with Crippen LogP contribution in [-0.2, 0) is 16.6 Å². The lowest BCUT2D eigenvalue weighted by molar-refractivity contribution is 0.538. The summed E-state index contributed by atoms with van der Waals surface area (Å²) < 4.78 is 42.5. The third kappa shape index (κ3) is 3.97. The average molecular weight is 379 g/mol. The molecule has 0 saturated carbocycles. The molecule has 0 aliphatic carbocycles. The normalized spacial score (nSPS) is 12.0. The molecule has 3 aromatic rings. The van der Waals surface area contributed by atoms with E-state index in [0.717, 1.165) is 22.6 Å². The maximum Gasteiger partial charge on any atom is 0.250 e. The summed E-state index contributed by atoms with van der Waals surface area (Å²) in [6.07, 6.45) is 1.70. The highest BCUT2D eigenvalue weighted by molar-refractivity contribution is 7.91. The van der Waals surface area contributed by atoms with Gasteiger partial charge in [0.05, 0.1) is 5.69 Å². The second-order valence-corrected chi connectivity index (χ2v) is 8.77. The monoisotopic (exact) mass is 379 g/mol. The number of hydrogen-bond acceptors (Lipinski definition) is 4. The minimum atomic E-state index is -3.63. The van der Waals surface area contributed by atoms with Gasteiger partial charge < -0.3 is 0 Å². The molecule has 0 bridgehead atoms. The van der Waals surface area contributed by atoms with Gasteiger partial charge >= 0.3 is 0 Å². The number of benzene rings is 1. The summed E-state index contributed by atoms with van der Waals surface area (Å²) in [7, 11) is -3.63. The Morgan fingerprint density at radius 3 is 2.64 bits per heavy atom. The van der Waals surface area contributed by atoms with Crippen LogP contribution in [-0.4, -0.2) is 18.2 Å². The number of aromatic nitrogens is 2. The van der Waals surface area contributed by atoms with Crippen LogP contribution in [0.4, 0.5) is 4.39 Å². The molecule has 0 fully saturated rings. The first-order chi connectivity index (χ1) is 11.9. The van der Waals surface area contributed by atoms with Crippen molar-refractivity contribution in [1.82, 2.24) is 14.5 Å². The Hall–Kier alpha value is -2.03. The largest absolute Gasteiger partial charge is 0.262 e. The molecule has 132 valence electrons. The van der Waals surface area contributed by atoms with Crippen LogP contribution in [0.15, 0.2) is 52.2 Å². The highest BCUT2D eigenvalue weighted by Gasteiger charge is 2.18. The quantitative estimate of drug-likeness (QED) is 0.708. The highest BCUT2D eigenvalue weighted by atomic mass is 32.2. The molecule has 0 spiro atoms. The minimum absolute atomic E-state index is 0.111. The van der Waals surface area contributed by atoms with Gasteiger partial charge in [-0.1, -0.05) is 12.1 Å². The molecule has 0 radical (unpaired) electrons. The van der Waals surface area contributed by atoms with E-state index in [1.807, 2.05) is 30.0 Å². The maximum absolute atomic E-state index is 12.9. The molecule has 0 amide bonds. The van der Waals surface area contributed by atoms with Crippen LogP contribution in [0.25, 0.3) is 11.3 Å². The number of halogens is 1. The van der Waals surface area contributed by atoms with Crippen molar-refractivity contribution in [2.24, 2.45) is 0 Å². The maximum atomic E-state index is 12.9. The number of hydrogen-bond donors (Lipinski definition) is 1. The molecule has 0 atom stereocenters. The summed E-state index contributed by atoms with van der Waals surface area (Å²) in [5.74, 6) is -0.351. The van der Waals surface area contributed by atoms with Crippen molar-refractivity contribution in [3.05, 3.63) is 59.4 Å². The number of sulfonamides is 1. The Morgan fingerprint density at radius 1 is 1.24 bits per heavy atom. The second-order valence-electron chi connectivity index (χ2n) is 5.86. The van der Waals surface area contributed by atoms with Crippen LogP contribution >= 0.6 is 11.3 Å². The van der Waals surface area contributed by atoms with E-state index < -0.39 is 10.0 Å². The second kappa shape index (κ2) is 7.07. The fourth-order valence-corrected chi connectivity index (χ4v) is 4.63. The molecule has 2 aromatic heterocycles. The first-order valence-corrected chi connectivity index (χ1v) is 10.1. The first kappa shape index (κ1) is 17.8. The van der Waals surface area contributed by atoms with Crippen LogP contribution in [0.2, 0.25) is 0 Å². The van der Waals surface area contributed by atoms with E-state index in [4.69, 9.17) is 0 Å². The number of nitrogens with zero attached hydrogens (tertiary/aromatic N) is 2. The van der Waals surface area contributed by atoms with Gasteiger partial charge in [-0.15, -0.1) is 11.3 Å². The van der Waals surface area contributed by atoms with Crippen LogP contribution in [0.1, 0.15) is 25.5 Å². The number of rotatable bonds is 6. The van der Waals surface area contributed by atoms with Crippen LogP contribution in [0.5, 0.6) is 0 Å². The van der Waals surface area contributed by atoms with Gasteiger partial charge in [-0.2, -0.15) is 5.10 Å². The van der Waals surface area contributed by atoms with E-state index in [1.165, 1.54) is 12.1 Å². The summed E-state index contributed by atoms with van der Waals surface area (Å²) in [4.78, 5) is 0. The summed E-state index contributed by atoms with van der Waals surface area (Å²) >= 11 is 1.16. The molecule has 2 heterocycles. The van der Waals surface area contributed by atoms with Crippen molar-refractivity contribution in [2.45, 2.75) is 30.6 Å². The van der Waals surface area contributed by atoms with Gasteiger partial charge in [0, 0.05) is 29.7 Å². The predicted molar refractivity (Wildman–Crippen MR) is 96.4 cm³/mol. The van der Waals surface area contributed by atoms with Crippen molar-refractivity contribution in [3.8, 4) is 11.3 Å². The molecule has 0 aliphatic heterocycles. The fraction of sp³-hybridized carbons (Fsp3) is 0.235. The Bertz CT molecular complexity index is 960. The molecule has 5 nitrogen and oxygen atoms in total. The zero-order valence-corrected chi connectivity index (χ0v) is 15.4. The lowest BCUT2D eigenvalue weighted by Gasteiger charge is -2.09. The topological polar surface area (TPSA) is 64.0 Å². The standard InChI is InChI=1S/C17H18FN3O2S2/c1-12(2)21-16(7-8-19-21)14-9-17(24-11-14)25(22,23)20-10-13-3-5-15(18)6-4-13/h3-9,11-12,20H,10H2,1-2H3. The highest BCUT2D eigenvalue weighted by Crippen LogP contribution is 2.29. The first-order valence-electron chi connectivity index (χ1n) is 7.73. The van der Waals surface area contributed by atoms with Gasteiger partial charge in [0.15, 0.2) is 0 Å². The van der Waals surface area contributed by atoms with Crippen molar-refractivity contribution >= 4 is 21.4 Å². The molecule has 3 rings (SSSR count). The summed E-state index contributed by atoms with van der Waals surface area (Å²) in [5.41, 5.74) is 2.39. The summed E-state index contributed by atoms with van der Waals surface area (Å²) in [6.45, 7) is 4.15. The van der Waals surface area contributed by atoms with Crippen molar-refractivity contribution < 1.29 is 12.8 Å². The molecule has 0 unspecified atom stereocenters. The summed E-state index contributed by atoms with van der Waals surface area (Å²) in [6, 6.07) is 9.41. The average Bonchev–Trinajstić information content (AvgIpc) is 3.23. The lowest BCUT2D eigenvalue weighted by Crippen LogP contribution is -2.22. The molecule has 1 N–H and O–H groups in total. The third-order valence-corrected chi connectivity index (χ3v) is 6.52. The van der Waals surface area contributed by atoms with Crippen LogP contribution < -0.4 is 4.72 Å². The fourth-order valence-electron chi connectivity index (χ4n) is 2.40. The Balaban J connectivity index is 1.78. The predicted octanol–water partition coefficient (Wildman–Crippen LogP) is 3.81. The van der Waals surface area contributed by atoms with Gasteiger partial charge in [0.2, 0.25) is 10.0 Å². The van der Waals surface area contributed by atoms with E-state index in [9.17, 15) is 12.8 Å². The Labute approximate surface area is 150 Å². The zero-order chi connectivity index (χ0) is 18.0. The van der Waals surface area contributed by atoms with E-state index in [2.05, 4.69) is 9.82 Å². The molecule has 8 heteroatoms. The number of nitrogens with one attached hydrogen (secondary N) is 1. The van der Waals surface area contributed by atoms with Crippen LogP contribution in [0, 0.1) is 5.82 Å². The number of thiophene rings is 1. The summed E-state index contributed by atoms with van der Waals surface area (Å²) in [5, 5.41) is 6.08. The van der Waals surface area contributed by atoms with Crippen molar-refractivity contribution in [1.29, 1.82) is 0 Å². The molecular weight excluding hydrogens is 361 g/mol. The Morgan fingerprint density at radius 2 is 1.96 bits per heavy atom. The molecule has 1 aromatic carbocycles. The zero-order valence-electron chi connectivity index (χ0n) is 13.8. The van der Waals surface area contributed by atoms with Gasteiger partial charge in [0.25, 0.3) is 0 Å². The molecule has 25 heavy (non-hydrogen) atoms. The van der Waals surface area contributed by atoms with Gasteiger partial charge in [-0.05, 0) is 43.7 Å². The SMILES string of the molecule is CC(C)n1nccc1-c1csc(S(=O)(=O)NCc2ccc(F)cc2)c1. The van der Waals surface area contributed by atoms with E-state index in [-0.39, 0.29) is 22.6 Å². The van der Waals surface area contributed by atoms with Crippen molar-refractivity contribution in [3.63, 3.8) is 0 Å². The smallest absolute Gasteiger partial charge is 0.250 e. The Kier molecular flexibility index (Phi) is 5.03. The van der Waals surface area contributed by atoms with Crippen molar-refractivity contribution in [2.75, 3.05) is 0 Å². The van der Waals surface area contributed by atoms with E-state index in [1.54, 1.807) is 24.4 Å². The van der Waals surface area contributed by atoms with Crippen LogP contribution in [0.3, 0.4) is 0 Å². The third-order valence-electron chi connectivity index (χ3n) is 3.68. The minimum Gasteiger partial charge on any atom is -0.262 e. The van der Waals surface area contributed by atoms with E-state index >= 15 is 0 Å². The van der Waals surface area contributed by atoms with Gasteiger partial charge in [0.1, 0.15) is 10.0 Å². The van der Waals surface area contributed by atoms with Gasteiger partial charge in [-0.25, -0.2) is 17.5 Å².